The Bertz CT molecular complexity index is 1110. The van der Waals surface area contributed by atoms with E-state index in [0.717, 1.165) is 5.56 Å². The average molecular weight is 393 g/mol. The predicted molar refractivity (Wildman–Crippen MR) is 110 cm³/mol. The monoisotopic (exact) mass is 393 g/mol. The number of ether oxygens (including phenoxy) is 1. The Labute approximate surface area is 168 Å². The van der Waals surface area contributed by atoms with Gasteiger partial charge in [-0.15, -0.1) is 0 Å². The van der Waals surface area contributed by atoms with Crippen LogP contribution in [0.3, 0.4) is 0 Å². The van der Waals surface area contributed by atoms with Crippen LogP contribution >= 0.6 is 0 Å². The fourth-order valence-electron chi connectivity index (χ4n) is 2.67. The molecular formula is C23H23NO5. The molecule has 1 unspecified atom stereocenters. The summed E-state index contributed by atoms with van der Waals surface area (Å²) >= 11 is 0. The van der Waals surface area contributed by atoms with Crippen LogP contribution in [-0.2, 0) is 4.79 Å². The second-order valence-corrected chi connectivity index (χ2v) is 7.89. The van der Waals surface area contributed by atoms with Crippen LogP contribution < -0.4 is 15.7 Å². The first-order chi connectivity index (χ1) is 13.6. The summed E-state index contributed by atoms with van der Waals surface area (Å²) in [6, 6.07) is 15.4. The third-order valence-electron chi connectivity index (χ3n) is 4.42. The maximum atomic E-state index is 12.6. The van der Waals surface area contributed by atoms with E-state index in [0.29, 0.717) is 5.39 Å². The van der Waals surface area contributed by atoms with E-state index in [-0.39, 0.29) is 22.9 Å². The van der Waals surface area contributed by atoms with E-state index >= 15 is 0 Å². The summed E-state index contributed by atoms with van der Waals surface area (Å²) in [6.07, 6.45) is 0. The second-order valence-electron chi connectivity index (χ2n) is 7.89. The number of benzene rings is 2. The number of hydrogen-bond donors (Lipinski definition) is 1. The Morgan fingerprint density at radius 2 is 1.72 bits per heavy atom. The van der Waals surface area contributed by atoms with Crippen molar-refractivity contribution in [2.75, 3.05) is 0 Å². The van der Waals surface area contributed by atoms with Crippen LogP contribution in [0.4, 0.5) is 0 Å². The average Bonchev–Trinajstić information content (AvgIpc) is 2.67. The van der Waals surface area contributed by atoms with Crippen molar-refractivity contribution in [1.29, 1.82) is 0 Å². The van der Waals surface area contributed by atoms with Gasteiger partial charge in [-0.25, -0.2) is 4.79 Å². The fraction of sp³-hybridized carbons (Fsp3) is 0.261. The molecule has 0 saturated heterocycles. The number of fused-ring (bicyclic) bond motifs is 1. The Morgan fingerprint density at radius 1 is 1.03 bits per heavy atom. The summed E-state index contributed by atoms with van der Waals surface area (Å²) in [5.41, 5.74) is -0.333. The van der Waals surface area contributed by atoms with Gasteiger partial charge in [0.15, 0.2) is 0 Å². The van der Waals surface area contributed by atoms with Crippen molar-refractivity contribution in [3.05, 3.63) is 76.1 Å². The molecular weight excluding hydrogens is 370 g/mol. The molecule has 0 spiro atoms. The Balaban J connectivity index is 1.84. The van der Waals surface area contributed by atoms with Gasteiger partial charge in [0.2, 0.25) is 0 Å². The zero-order valence-corrected chi connectivity index (χ0v) is 16.8. The summed E-state index contributed by atoms with van der Waals surface area (Å²) < 4.78 is 10.6. The highest BCUT2D eigenvalue weighted by atomic mass is 16.5. The Kier molecular flexibility index (Phi) is 5.55. The highest BCUT2D eigenvalue weighted by Gasteiger charge is 2.24. The largest absolute Gasteiger partial charge is 0.426 e. The van der Waals surface area contributed by atoms with Crippen molar-refractivity contribution in [1.82, 2.24) is 5.32 Å². The molecule has 150 valence electrons. The summed E-state index contributed by atoms with van der Waals surface area (Å²) in [6.45, 7) is 7.08. The molecule has 0 fully saturated rings. The van der Waals surface area contributed by atoms with Crippen molar-refractivity contribution in [3.8, 4) is 5.75 Å². The normalized spacial score (nSPS) is 12.4. The highest BCUT2D eigenvalue weighted by molar-refractivity contribution is 5.97. The molecule has 2 aromatic carbocycles. The van der Waals surface area contributed by atoms with Crippen molar-refractivity contribution in [2.45, 2.75) is 33.7 Å². The van der Waals surface area contributed by atoms with Gasteiger partial charge in [-0.05, 0) is 51.5 Å². The molecule has 1 amide bonds. The van der Waals surface area contributed by atoms with Crippen LogP contribution in [0.15, 0.2) is 63.8 Å². The SMILES string of the molecule is CC(NC(=O)c1cc2ccc(OC(=O)C(C)(C)C)cc2oc1=O)c1ccccc1. The minimum Gasteiger partial charge on any atom is -0.426 e. The van der Waals surface area contributed by atoms with E-state index in [2.05, 4.69) is 5.32 Å². The van der Waals surface area contributed by atoms with Crippen LogP contribution in [-0.4, -0.2) is 11.9 Å². The van der Waals surface area contributed by atoms with Gasteiger partial charge in [0.1, 0.15) is 16.9 Å². The molecule has 1 N–H and O–H groups in total. The van der Waals surface area contributed by atoms with Crippen LogP contribution in [0.1, 0.15) is 49.7 Å². The first kappa shape index (κ1) is 20.3. The molecule has 0 aliphatic carbocycles. The molecule has 6 nitrogen and oxygen atoms in total. The molecule has 0 bridgehead atoms. The van der Waals surface area contributed by atoms with Crippen molar-refractivity contribution in [2.24, 2.45) is 5.41 Å². The Morgan fingerprint density at radius 3 is 2.38 bits per heavy atom. The zero-order valence-electron chi connectivity index (χ0n) is 16.8. The van der Waals surface area contributed by atoms with Crippen molar-refractivity contribution in [3.63, 3.8) is 0 Å². The van der Waals surface area contributed by atoms with Gasteiger partial charge in [0.25, 0.3) is 5.91 Å². The maximum absolute atomic E-state index is 12.6. The van der Waals surface area contributed by atoms with Gasteiger partial charge in [-0.1, -0.05) is 30.3 Å². The first-order valence-electron chi connectivity index (χ1n) is 9.31. The quantitative estimate of drug-likeness (QED) is 0.407. The van der Waals surface area contributed by atoms with Gasteiger partial charge >= 0.3 is 11.6 Å². The molecule has 0 aliphatic rings. The minimum atomic E-state index is -0.755. The number of carbonyl (C=O) groups is 2. The van der Waals surface area contributed by atoms with E-state index in [9.17, 15) is 14.4 Å². The number of rotatable bonds is 4. The van der Waals surface area contributed by atoms with Crippen molar-refractivity contribution >= 4 is 22.8 Å². The Hall–Kier alpha value is -3.41. The number of nitrogens with one attached hydrogen (secondary N) is 1. The molecule has 29 heavy (non-hydrogen) atoms. The van der Waals surface area contributed by atoms with Gasteiger partial charge in [0.05, 0.1) is 11.5 Å². The molecule has 0 saturated carbocycles. The summed E-state index contributed by atoms with van der Waals surface area (Å²) in [4.78, 5) is 37.0. The summed E-state index contributed by atoms with van der Waals surface area (Å²) in [7, 11) is 0. The number of carbonyl (C=O) groups excluding carboxylic acids is 2. The van der Waals surface area contributed by atoms with Crippen LogP contribution in [0.5, 0.6) is 5.75 Å². The summed E-state index contributed by atoms with van der Waals surface area (Å²) in [5.74, 6) is -0.638. The van der Waals surface area contributed by atoms with Gasteiger partial charge in [0, 0.05) is 11.5 Å². The minimum absolute atomic E-state index is 0.0836. The number of esters is 1. The standard InChI is InChI=1S/C23H23NO5/c1-14(15-8-6-5-7-9-15)24-20(25)18-12-16-10-11-17(13-19(16)29-21(18)26)28-22(27)23(2,3)4/h5-14H,1-4H3,(H,24,25). The van der Waals surface area contributed by atoms with Crippen LogP contribution in [0.25, 0.3) is 11.0 Å². The van der Waals surface area contributed by atoms with E-state index in [4.69, 9.17) is 9.15 Å². The molecule has 1 aromatic heterocycles. The van der Waals surface area contributed by atoms with Crippen LogP contribution in [0.2, 0.25) is 0 Å². The number of amides is 1. The third-order valence-corrected chi connectivity index (χ3v) is 4.42. The van der Waals surface area contributed by atoms with Crippen molar-refractivity contribution < 1.29 is 18.7 Å². The molecule has 3 aromatic rings. The maximum Gasteiger partial charge on any atom is 0.349 e. The zero-order chi connectivity index (χ0) is 21.2. The van der Waals surface area contributed by atoms with E-state index in [1.54, 1.807) is 32.9 Å². The molecule has 3 rings (SSSR count). The lowest BCUT2D eigenvalue weighted by Crippen LogP contribution is -2.30. The molecule has 1 atom stereocenters. The third kappa shape index (κ3) is 4.71. The fourth-order valence-corrected chi connectivity index (χ4v) is 2.67. The van der Waals surface area contributed by atoms with E-state index in [1.807, 2.05) is 37.3 Å². The second kappa shape index (κ2) is 7.91. The lowest BCUT2D eigenvalue weighted by atomic mass is 9.97. The van der Waals surface area contributed by atoms with E-state index in [1.165, 1.54) is 12.1 Å². The lowest BCUT2D eigenvalue weighted by Gasteiger charge is -2.16. The summed E-state index contributed by atoms with van der Waals surface area (Å²) in [5, 5.41) is 3.36. The highest BCUT2D eigenvalue weighted by Crippen LogP contribution is 2.24. The molecule has 0 aliphatic heterocycles. The topological polar surface area (TPSA) is 85.6 Å². The smallest absolute Gasteiger partial charge is 0.349 e. The van der Waals surface area contributed by atoms with Gasteiger partial charge in [-0.2, -0.15) is 0 Å². The predicted octanol–water partition coefficient (Wildman–Crippen LogP) is 4.24. The molecule has 6 heteroatoms. The molecule has 0 radical (unpaired) electrons. The number of hydrogen-bond acceptors (Lipinski definition) is 5. The van der Waals surface area contributed by atoms with Crippen LogP contribution in [0, 0.1) is 5.41 Å². The lowest BCUT2D eigenvalue weighted by molar-refractivity contribution is -0.142. The first-order valence-corrected chi connectivity index (χ1v) is 9.31. The van der Waals surface area contributed by atoms with Gasteiger partial charge in [-0.3, -0.25) is 9.59 Å². The van der Waals surface area contributed by atoms with E-state index < -0.39 is 22.9 Å². The van der Waals surface area contributed by atoms with Gasteiger partial charge < -0.3 is 14.5 Å². The molecule has 1 heterocycles.